The highest BCUT2D eigenvalue weighted by Gasteiger charge is 2.26. The molecule has 2 heterocycles. The van der Waals surface area contributed by atoms with Crippen LogP contribution in [0.15, 0.2) is 18.2 Å². The molecule has 6 nitrogen and oxygen atoms in total. The van der Waals surface area contributed by atoms with Crippen molar-refractivity contribution in [1.29, 1.82) is 0 Å². The van der Waals surface area contributed by atoms with E-state index in [2.05, 4.69) is 36.9 Å². The van der Waals surface area contributed by atoms with Crippen molar-refractivity contribution in [3.8, 4) is 0 Å². The number of nitrogens with zero attached hydrogens (tertiary/aromatic N) is 3. The van der Waals surface area contributed by atoms with E-state index < -0.39 is 0 Å². The monoisotopic (exact) mass is 331 g/mol. The zero-order chi connectivity index (χ0) is 17.1. The minimum Gasteiger partial charge on any atom is -0.370 e. The van der Waals surface area contributed by atoms with Gasteiger partial charge in [-0.25, -0.2) is 0 Å². The van der Waals surface area contributed by atoms with E-state index in [9.17, 15) is 9.59 Å². The second kappa shape index (κ2) is 7.21. The van der Waals surface area contributed by atoms with Gasteiger partial charge in [0.2, 0.25) is 11.8 Å². The normalized spacial score (nSPS) is 18.9. The fourth-order valence-corrected chi connectivity index (χ4v) is 3.26. The number of amides is 2. The molecule has 1 aromatic rings. The van der Waals surface area contributed by atoms with Gasteiger partial charge in [0, 0.05) is 38.4 Å². The second-order valence-electron chi connectivity index (χ2n) is 6.45. The lowest BCUT2D eigenvalue weighted by Gasteiger charge is -2.38. The molecule has 2 saturated heterocycles. The number of carbonyl (C=O) groups is 2. The van der Waals surface area contributed by atoms with Crippen LogP contribution in [0.5, 0.6) is 0 Å². The summed E-state index contributed by atoms with van der Waals surface area (Å²) in [5, 5.41) is 0. The molecule has 0 atom stereocenters. The van der Waals surface area contributed by atoms with Gasteiger partial charge >= 0.3 is 0 Å². The van der Waals surface area contributed by atoms with Gasteiger partial charge in [-0.2, -0.15) is 0 Å². The Morgan fingerprint density at radius 2 is 1.88 bits per heavy atom. The van der Waals surface area contributed by atoms with Crippen molar-refractivity contribution in [2.24, 2.45) is 0 Å². The number of carbonyl (C=O) groups excluding carboxylic acids is 2. The summed E-state index contributed by atoms with van der Waals surface area (Å²) in [4.78, 5) is 30.0. The Hall–Kier alpha value is -2.08. The number of ether oxygens (including phenoxy) is 1. The molecule has 0 radical (unpaired) electrons. The summed E-state index contributed by atoms with van der Waals surface area (Å²) in [6, 6.07) is 6.35. The van der Waals surface area contributed by atoms with Crippen LogP contribution in [0.3, 0.4) is 0 Å². The molecule has 0 aliphatic carbocycles. The molecule has 0 aromatic heterocycles. The highest BCUT2D eigenvalue weighted by atomic mass is 16.5. The number of hydrogen-bond acceptors (Lipinski definition) is 4. The molecule has 0 bridgehead atoms. The third kappa shape index (κ3) is 3.53. The van der Waals surface area contributed by atoms with Crippen LogP contribution in [-0.2, 0) is 14.3 Å². The molecule has 3 rings (SSSR count). The van der Waals surface area contributed by atoms with Crippen molar-refractivity contribution < 1.29 is 14.3 Å². The SMILES string of the molecule is Cc1cccc(N2CCN(C(=O)CN3CCOCC3=O)CC2)c1C. The van der Waals surface area contributed by atoms with E-state index in [1.807, 2.05) is 4.90 Å². The van der Waals surface area contributed by atoms with E-state index in [0.29, 0.717) is 26.2 Å². The Morgan fingerprint density at radius 1 is 1.12 bits per heavy atom. The summed E-state index contributed by atoms with van der Waals surface area (Å²) in [6.07, 6.45) is 0. The smallest absolute Gasteiger partial charge is 0.249 e. The molecule has 1 aromatic carbocycles. The molecule has 6 heteroatoms. The number of benzene rings is 1. The predicted molar refractivity (Wildman–Crippen MR) is 92.1 cm³/mol. The maximum Gasteiger partial charge on any atom is 0.249 e. The largest absolute Gasteiger partial charge is 0.370 e. The molecular weight excluding hydrogens is 306 g/mol. The van der Waals surface area contributed by atoms with Gasteiger partial charge in [-0.15, -0.1) is 0 Å². The summed E-state index contributed by atoms with van der Waals surface area (Å²) in [7, 11) is 0. The lowest BCUT2D eigenvalue weighted by Crippen LogP contribution is -2.53. The van der Waals surface area contributed by atoms with Gasteiger partial charge in [0.25, 0.3) is 0 Å². The van der Waals surface area contributed by atoms with E-state index in [1.165, 1.54) is 16.8 Å². The van der Waals surface area contributed by atoms with Gasteiger partial charge < -0.3 is 19.4 Å². The number of rotatable bonds is 3. The van der Waals surface area contributed by atoms with Gasteiger partial charge in [0.15, 0.2) is 0 Å². The fourth-order valence-electron chi connectivity index (χ4n) is 3.26. The summed E-state index contributed by atoms with van der Waals surface area (Å²) >= 11 is 0. The number of piperazine rings is 1. The third-order valence-corrected chi connectivity index (χ3v) is 4.96. The Bertz CT molecular complexity index is 624. The van der Waals surface area contributed by atoms with Crippen molar-refractivity contribution in [3.05, 3.63) is 29.3 Å². The van der Waals surface area contributed by atoms with E-state index in [0.717, 1.165) is 13.1 Å². The molecule has 0 unspecified atom stereocenters. The lowest BCUT2D eigenvalue weighted by molar-refractivity contribution is -0.148. The van der Waals surface area contributed by atoms with E-state index in [4.69, 9.17) is 4.74 Å². The molecular formula is C18H25N3O3. The molecule has 2 aliphatic rings. The topological polar surface area (TPSA) is 53.1 Å². The Morgan fingerprint density at radius 3 is 2.58 bits per heavy atom. The van der Waals surface area contributed by atoms with Crippen LogP contribution in [0.2, 0.25) is 0 Å². The molecule has 2 aliphatic heterocycles. The summed E-state index contributed by atoms with van der Waals surface area (Å²) < 4.78 is 5.10. The zero-order valence-electron chi connectivity index (χ0n) is 14.5. The number of morpholine rings is 1. The summed E-state index contributed by atoms with van der Waals surface area (Å²) in [5.74, 6) is -0.0607. The Kier molecular flexibility index (Phi) is 5.04. The minimum absolute atomic E-state index is 0.0332. The van der Waals surface area contributed by atoms with Crippen molar-refractivity contribution in [1.82, 2.24) is 9.80 Å². The standard InChI is InChI=1S/C18H25N3O3/c1-14-4-3-5-16(15(14)2)19-6-8-20(9-7-19)17(22)12-21-10-11-24-13-18(21)23/h3-5H,6-13H2,1-2H3. The second-order valence-corrected chi connectivity index (χ2v) is 6.45. The maximum absolute atomic E-state index is 12.4. The number of anilines is 1. The van der Waals surface area contributed by atoms with Crippen molar-refractivity contribution in [2.75, 3.05) is 57.4 Å². The van der Waals surface area contributed by atoms with Gasteiger partial charge in [-0.1, -0.05) is 12.1 Å². The highest BCUT2D eigenvalue weighted by molar-refractivity contribution is 5.85. The molecule has 0 saturated carbocycles. The molecule has 2 fully saturated rings. The molecule has 24 heavy (non-hydrogen) atoms. The molecule has 130 valence electrons. The van der Waals surface area contributed by atoms with Crippen LogP contribution in [0.1, 0.15) is 11.1 Å². The number of hydrogen-bond donors (Lipinski definition) is 0. The van der Waals surface area contributed by atoms with E-state index in [-0.39, 0.29) is 25.0 Å². The van der Waals surface area contributed by atoms with E-state index >= 15 is 0 Å². The number of aryl methyl sites for hydroxylation is 1. The Balaban J connectivity index is 1.55. The summed E-state index contributed by atoms with van der Waals surface area (Å²) in [5.41, 5.74) is 3.85. The first-order chi connectivity index (χ1) is 11.6. The van der Waals surface area contributed by atoms with Crippen LogP contribution in [0, 0.1) is 13.8 Å². The molecule has 0 spiro atoms. The average Bonchev–Trinajstić information content (AvgIpc) is 2.59. The van der Waals surface area contributed by atoms with Crippen LogP contribution in [-0.4, -0.2) is 74.1 Å². The Labute approximate surface area is 143 Å². The van der Waals surface area contributed by atoms with Crippen LogP contribution in [0.4, 0.5) is 5.69 Å². The van der Waals surface area contributed by atoms with Crippen LogP contribution < -0.4 is 4.90 Å². The molecule has 2 amide bonds. The van der Waals surface area contributed by atoms with E-state index in [1.54, 1.807) is 4.90 Å². The first-order valence-corrected chi connectivity index (χ1v) is 8.50. The van der Waals surface area contributed by atoms with Crippen molar-refractivity contribution >= 4 is 17.5 Å². The minimum atomic E-state index is -0.0939. The molecule has 0 N–H and O–H groups in total. The summed E-state index contributed by atoms with van der Waals surface area (Å²) in [6.45, 7) is 8.60. The predicted octanol–water partition coefficient (Wildman–Crippen LogP) is 0.811. The maximum atomic E-state index is 12.4. The first kappa shape index (κ1) is 16.8. The van der Waals surface area contributed by atoms with Gasteiger partial charge in [0.05, 0.1) is 13.2 Å². The lowest BCUT2D eigenvalue weighted by atomic mass is 10.1. The average molecular weight is 331 g/mol. The fraction of sp³-hybridized carbons (Fsp3) is 0.556. The van der Waals surface area contributed by atoms with Gasteiger partial charge in [0.1, 0.15) is 6.61 Å². The third-order valence-electron chi connectivity index (χ3n) is 4.96. The zero-order valence-corrected chi connectivity index (χ0v) is 14.5. The quantitative estimate of drug-likeness (QED) is 0.823. The van der Waals surface area contributed by atoms with Crippen molar-refractivity contribution in [3.63, 3.8) is 0 Å². The highest BCUT2D eigenvalue weighted by Crippen LogP contribution is 2.23. The van der Waals surface area contributed by atoms with Gasteiger partial charge in [-0.3, -0.25) is 9.59 Å². The first-order valence-electron chi connectivity index (χ1n) is 8.50. The van der Waals surface area contributed by atoms with Crippen molar-refractivity contribution in [2.45, 2.75) is 13.8 Å². The van der Waals surface area contributed by atoms with Gasteiger partial charge in [-0.05, 0) is 31.0 Å². The van der Waals surface area contributed by atoms with Crippen LogP contribution >= 0.6 is 0 Å². The van der Waals surface area contributed by atoms with Crippen LogP contribution in [0.25, 0.3) is 0 Å².